The highest BCUT2D eigenvalue weighted by atomic mass is 16.5. The number of ether oxygens (including phenoxy) is 1. The van der Waals surface area contributed by atoms with E-state index in [-0.39, 0.29) is 0 Å². The zero-order valence-electron chi connectivity index (χ0n) is 13.5. The fourth-order valence-electron chi connectivity index (χ4n) is 4.66. The zero-order chi connectivity index (χ0) is 15.4. The number of rotatable bonds is 2. The van der Waals surface area contributed by atoms with Gasteiger partial charge in [0.2, 0.25) is 0 Å². The van der Waals surface area contributed by atoms with Crippen molar-refractivity contribution >= 4 is 0 Å². The van der Waals surface area contributed by atoms with Gasteiger partial charge in [0.25, 0.3) is 0 Å². The molecule has 23 heavy (non-hydrogen) atoms. The molecule has 1 aromatic carbocycles. The molecule has 0 unspecified atom stereocenters. The Hall–Kier alpha value is -1.87. The van der Waals surface area contributed by atoms with Crippen LogP contribution in [0.25, 0.3) is 0 Å². The molecule has 0 saturated carbocycles. The Balaban J connectivity index is 1.43. The van der Waals surface area contributed by atoms with E-state index in [4.69, 9.17) is 4.74 Å². The van der Waals surface area contributed by atoms with Crippen LogP contribution in [0, 0.1) is 0 Å². The third kappa shape index (κ3) is 2.18. The van der Waals surface area contributed by atoms with Crippen molar-refractivity contribution in [3.05, 3.63) is 58.9 Å². The highest BCUT2D eigenvalue weighted by molar-refractivity contribution is 5.41. The standard InChI is InChI=1S/C20H22N2O/c1-13-9-15-10-14(4-7-20(15)23-13)12-22-16-5-6-19(22)17-3-2-8-21-18(17)11-16/h2-4,7-8,10,13,16,19H,5-6,9,11-12H2,1H3/t13-,16-,19-/m0/s1. The van der Waals surface area contributed by atoms with Gasteiger partial charge in [-0.05, 0) is 48.6 Å². The molecule has 5 rings (SSSR count). The van der Waals surface area contributed by atoms with E-state index in [0.29, 0.717) is 18.2 Å². The number of aromatic nitrogens is 1. The number of benzene rings is 1. The van der Waals surface area contributed by atoms with Gasteiger partial charge in [0.15, 0.2) is 0 Å². The van der Waals surface area contributed by atoms with Crippen LogP contribution in [0.3, 0.4) is 0 Å². The first-order valence-corrected chi connectivity index (χ1v) is 8.76. The van der Waals surface area contributed by atoms with Crippen LogP contribution in [0.1, 0.15) is 48.2 Å². The van der Waals surface area contributed by atoms with E-state index in [1.165, 1.54) is 35.2 Å². The maximum atomic E-state index is 5.83. The monoisotopic (exact) mass is 306 g/mol. The van der Waals surface area contributed by atoms with E-state index < -0.39 is 0 Å². The molecule has 3 atom stereocenters. The molecule has 0 radical (unpaired) electrons. The molecule has 0 aliphatic carbocycles. The summed E-state index contributed by atoms with van der Waals surface area (Å²) in [4.78, 5) is 7.31. The van der Waals surface area contributed by atoms with Gasteiger partial charge < -0.3 is 4.74 Å². The molecule has 2 bridgehead atoms. The van der Waals surface area contributed by atoms with Gasteiger partial charge in [0.05, 0.1) is 0 Å². The second kappa shape index (κ2) is 5.07. The van der Waals surface area contributed by atoms with E-state index in [2.05, 4.69) is 47.1 Å². The average Bonchev–Trinajstić information content (AvgIpc) is 3.04. The Morgan fingerprint density at radius 3 is 3.13 bits per heavy atom. The van der Waals surface area contributed by atoms with Crippen molar-refractivity contribution < 1.29 is 4.74 Å². The van der Waals surface area contributed by atoms with Crippen molar-refractivity contribution in [1.29, 1.82) is 0 Å². The third-order valence-corrected chi connectivity index (χ3v) is 5.68. The van der Waals surface area contributed by atoms with Crippen molar-refractivity contribution in [2.45, 2.75) is 57.3 Å². The third-order valence-electron chi connectivity index (χ3n) is 5.68. The molecule has 3 heteroatoms. The molecule has 3 aliphatic heterocycles. The lowest BCUT2D eigenvalue weighted by molar-refractivity contribution is 0.166. The summed E-state index contributed by atoms with van der Waals surface area (Å²) in [6, 6.07) is 12.3. The highest BCUT2D eigenvalue weighted by Crippen LogP contribution is 2.44. The molecule has 2 aromatic rings. The fourth-order valence-corrected chi connectivity index (χ4v) is 4.66. The summed E-state index contributed by atoms with van der Waals surface area (Å²) in [5, 5.41) is 0. The van der Waals surface area contributed by atoms with Gasteiger partial charge in [-0.15, -0.1) is 0 Å². The van der Waals surface area contributed by atoms with Gasteiger partial charge in [-0.25, -0.2) is 0 Å². The van der Waals surface area contributed by atoms with E-state index in [0.717, 1.165) is 25.1 Å². The molecular weight excluding hydrogens is 284 g/mol. The van der Waals surface area contributed by atoms with Crippen molar-refractivity contribution in [2.24, 2.45) is 0 Å². The second-order valence-electron chi connectivity index (χ2n) is 7.24. The summed E-state index contributed by atoms with van der Waals surface area (Å²) in [6.45, 7) is 3.19. The molecule has 0 N–H and O–H groups in total. The number of pyridine rings is 1. The zero-order valence-corrected chi connectivity index (χ0v) is 13.5. The minimum absolute atomic E-state index is 0.323. The molecule has 1 fully saturated rings. The normalized spacial score (nSPS) is 28.3. The predicted octanol–water partition coefficient (Wildman–Crippen LogP) is 3.67. The van der Waals surface area contributed by atoms with Gasteiger partial charge in [-0.2, -0.15) is 0 Å². The Kier molecular flexibility index (Phi) is 2.99. The maximum absolute atomic E-state index is 5.83. The number of hydrogen-bond acceptors (Lipinski definition) is 3. The van der Waals surface area contributed by atoms with Crippen LogP contribution >= 0.6 is 0 Å². The molecule has 3 aliphatic rings. The lowest BCUT2D eigenvalue weighted by atomic mass is 9.97. The predicted molar refractivity (Wildman–Crippen MR) is 89.5 cm³/mol. The summed E-state index contributed by atoms with van der Waals surface area (Å²) in [5.74, 6) is 1.08. The lowest BCUT2D eigenvalue weighted by Gasteiger charge is -2.35. The molecular formula is C20H22N2O. The summed E-state index contributed by atoms with van der Waals surface area (Å²) < 4.78 is 5.83. The average molecular weight is 306 g/mol. The molecule has 3 nitrogen and oxygen atoms in total. The number of hydrogen-bond donors (Lipinski definition) is 0. The van der Waals surface area contributed by atoms with Crippen molar-refractivity contribution in [3.8, 4) is 5.75 Å². The van der Waals surface area contributed by atoms with Crippen molar-refractivity contribution in [3.63, 3.8) is 0 Å². The summed E-state index contributed by atoms with van der Waals surface area (Å²) in [5.41, 5.74) is 5.58. The van der Waals surface area contributed by atoms with Gasteiger partial charge in [-0.3, -0.25) is 9.88 Å². The van der Waals surface area contributed by atoms with Gasteiger partial charge >= 0.3 is 0 Å². The smallest absolute Gasteiger partial charge is 0.123 e. The Labute approximate surface area is 137 Å². The summed E-state index contributed by atoms with van der Waals surface area (Å²) in [7, 11) is 0. The number of fused-ring (bicyclic) bond motifs is 5. The van der Waals surface area contributed by atoms with Crippen LogP contribution in [0.15, 0.2) is 36.5 Å². The van der Waals surface area contributed by atoms with Gasteiger partial charge in [0.1, 0.15) is 11.9 Å². The lowest BCUT2D eigenvalue weighted by Crippen LogP contribution is -2.37. The Morgan fingerprint density at radius 2 is 2.17 bits per heavy atom. The van der Waals surface area contributed by atoms with Gasteiger partial charge in [-0.1, -0.05) is 18.2 Å². The van der Waals surface area contributed by atoms with E-state index in [1.807, 2.05) is 6.20 Å². The number of nitrogens with zero attached hydrogens (tertiary/aromatic N) is 2. The van der Waals surface area contributed by atoms with Gasteiger partial charge in [0, 0.05) is 43.4 Å². The first-order chi connectivity index (χ1) is 11.3. The minimum atomic E-state index is 0.323. The SMILES string of the molecule is C[C@H]1Cc2cc(CN3[C@H]4CC[C@H]3c3cccnc3C4)ccc2O1. The van der Waals surface area contributed by atoms with Crippen molar-refractivity contribution in [2.75, 3.05) is 0 Å². The minimum Gasteiger partial charge on any atom is -0.490 e. The Morgan fingerprint density at radius 1 is 1.22 bits per heavy atom. The van der Waals surface area contributed by atoms with Crippen LogP contribution in [0.5, 0.6) is 5.75 Å². The second-order valence-corrected chi connectivity index (χ2v) is 7.24. The van der Waals surface area contributed by atoms with Crippen LogP contribution in [0.2, 0.25) is 0 Å². The largest absolute Gasteiger partial charge is 0.490 e. The molecule has 0 spiro atoms. The summed E-state index contributed by atoms with van der Waals surface area (Å²) >= 11 is 0. The Bertz CT molecular complexity index is 757. The van der Waals surface area contributed by atoms with E-state index in [1.54, 1.807) is 0 Å². The van der Waals surface area contributed by atoms with Crippen LogP contribution in [-0.4, -0.2) is 22.0 Å². The first kappa shape index (κ1) is 13.6. The molecule has 4 heterocycles. The maximum Gasteiger partial charge on any atom is 0.123 e. The van der Waals surface area contributed by atoms with Crippen LogP contribution < -0.4 is 4.74 Å². The topological polar surface area (TPSA) is 25.4 Å². The van der Waals surface area contributed by atoms with E-state index in [9.17, 15) is 0 Å². The molecule has 118 valence electrons. The quantitative estimate of drug-likeness (QED) is 0.846. The highest BCUT2D eigenvalue weighted by Gasteiger charge is 2.40. The van der Waals surface area contributed by atoms with Crippen LogP contribution in [0.4, 0.5) is 0 Å². The molecule has 0 amide bonds. The fraction of sp³-hybridized carbons (Fsp3) is 0.450. The molecule has 1 aromatic heterocycles. The molecule has 1 saturated heterocycles. The first-order valence-electron chi connectivity index (χ1n) is 8.76. The summed E-state index contributed by atoms with van der Waals surface area (Å²) in [6.07, 6.45) is 6.99. The van der Waals surface area contributed by atoms with E-state index >= 15 is 0 Å². The van der Waals surface area contributed by atoms with Crippen LogP contribution in [-0.2, 0) is 19.4 Å². The van der Waals surface area contributed by atoms with Crippen molar-refractivity contribution in [1.82, 2.24) is 9.88 Å².